The van der Waals surface area contributed by atoms with E-state index in [1.165, 1.54) is 15.5 Å². The molecule has 2 aromatic heterocycles. The molecule has 0 fully saturated rings. The van der Waals surface area contributed by atoms with Crippen molar-refractivity contribution in [2.24, 2.45) is 14.1 Å². The van der Waals surface area contributed by atoms with Crippen LogP contribution in [0.2, 0.25) is 5.02 Å². The number of hydrogen-bond donors (Lipinski definition) is 0. The molecule has 3 aromatic rings. The first-order valence-electron chi connectivity index (χ1n) is 7.31. The van der Waals surface area contributed by atoms with E-state index in [0.29, 0.717) is 22.8 Å². The number of aromatic nitrogens is 4. The molecular weight excluding hydrogens is 332 g/mol. The summed E-state index contributed by atoms with van der Waals surface area (Å²) in [7, 11) is 4.91. The van der Waals surface area contributed by atoms with Gasteiger partial charge in [-0.1, -0.05) is 23.7 Å². The second-order valence-electron chi connectivity index (χ2n) is 5.62. The molecule has 0 bridgehead atoms. The Hall–Kier alpha value is -2.38. The number of ether oxygens (including phenoxy) is 1. The highest BCUT2D eigenvalue weighted by Crippen LogP contribution is 2.18. The minimum absolute atomic E-state index is 0.153. The van der Waals surface area contributed by atoms with E-state index in [-0.39, 0.29) is 12.1 Å². The highest BCUT2D eigenvalue weighted by atomic mass is 35.5. The standard InChI is InChI=1S/C16H17ClN4O3/c1-19-9-18-14-13(19)15(22)21(16(23)20(14)2)7-10-4-5-12(17)11(6-10)8-24-3/h4-6,9H,7-8H2,1-3H3. The number of imidazole rings is 1. The van der Waals surface area contributed by atoms with Gasteiger partial charge in [0.25, 0.3) is 5.56 Å². The molecule has 0 unspecified atom stereocenters. The minimum atomic E-state index is -0.408. The van der Waals surface area contributed by atoms with E-state index in [4.69, 9.17) is 16.3 Å². The molecule has 0 saturated heterocycles. The van der Waals surface area contributed by atoms with Crippen LogP contribution in [-0.2, 0) is 32.0 Å². The zero-order valence-electron chi connectivity index (χ0n) is 13.6. The zero-order chi connectivity index (χ0) is 17.4. The molecule has 1 aromatic carbocycles. The van der Waals surface area contributed by atoms with Crippen LogP contribution in [0.4, 0.5) is 0 Å². The van der Waals surface area contributed by atoms with Crippen molar-refractivity contribution in [1.82, 2.24) is 18.7 Å². The zero-order valence-corrected chi connectivity index (χ0v) is 14.4. The first-order chi connectivity index (χ1) is 11.4. The van der Waals surface area contributed by atoms with Crippen molar-refractivity contribution in [1.29, 1.82) is 0 Å². The van der Waals surface area contributed by atoms with Crippen LogP contribution in [0.15, 0.2) is 34.1 Å². The van der Waals surface area contributed by atoms with Gasteiger partial charge in [0.1, 0.15) is 0 Å². The average Bonchev–Trinajstić information content (AvgIpc) is 2.94. The summed E-state index contributed by atoms with van der Waals surface area (Å²) in [5.41, 5.74) is 1.60. The number of aryl methyl sites for hydroxylation is 2. The molecule has 126 valence electrons. The first kappa shape index (κ1) is 16.5. The van der Waals surface area contributed by atoms with Gasteiger partial charge in [0.2, 0.25) is 0 Å². The van der Waals surface area contributed by atoms with Crippen molar-refractivity contribution in [3.05, 3.63) is 61.5 Å². The van der Waals surface area contributed by atoms with Gasteiger partial charge in [0, 0.05) is 26.2 Å². The van der Waals surface area contributed by atoms with Crippen LogP contribution in [0.3, 0.4) is 0 Å². The van der Waals surface area contributed by atoms with Crippen LogP contribution in [0, 0.1) is 0 Å². The molecule has 0 aliphatic rings. The summed E-state index contributed by atoms with van der Waals surface area (Å²) in [6.45, 7) is 0.515. The Labute approximate surface area is 142 Å². The lowest BCUT2D eigenvalue weighted by Gasteiger charge is -2.10. The lowest BCUT2D eigenvalue weighted by molar-refractivity contribution is 0.185. The Morgan fingerprint density at radius 1 is 1.25 bits per heavy atom. The SMILES string of the molecule is COCc1cc(Cn2c(=O)c3c(ncn3C)n(C)c2=O)ccc1Cl. The summed E-state index contributed by atoms with van der Waals surface area (Å²) in [5.74, 6) is 0. The van der Waals surface area contributed by atoms with Gasteiger partial charge in [0.05, 0.1) is 19.5 Å². The second-order valence-corrected chi connectivity index (χ2v) is 6.03. The molecule has 7 nitrogen and oxygen atoms in total. The first-order valence-corrected chi connectivity index (χ1v) is 7.69. The van der Waals surface area contributed by atoms with Crippen LogP contribution in [-0.4, -0.2) is 25.8 Å². The summed E-state index contributed by atoms with van der Waals surface area (Å²) >= 11 is 6.12. The van der Waals surface area contributed by atoms with Crippen LogP contribution < -0.4 is 11.2 Å². The third-order valence-corrected chi connectivity index (χ3v) is 4.32. The molecule has 8 heteroatoms. The van der Waals surface area contributed by atoms with E-state index < -0.39 is 5.69 Å². The highest BCUT2D eigenvalue weighted by Gasteiger charge is 2.15. The van der Waals surface area contributed by atoms with Crippen LogP contribution in [0.25, 0.3) is 11.2 Å². The molecule has 0 aliphatic heterocycles. The summed E-state index contributed by atoms with van der Waals surface area (Å²) in [6, 6.07) is 5.37. The predicted octanol–water partition coefficient (Wildman–Crippen LogP) is 1.28. The molecule has 24 heavy (non-hydrogen) atoms. The van der Waals surface area contributed by atoms with Gasteiger partial charge < -0.3 is 9.30 Å². The maximum absolute atomic E-state index is 12.7. The maximum Gasteiger partial charge on any atom is 0.332 e. The third-order valence-electron chi connectivity index (χ3n) is 3.95. The van der Waals surface area contributed by atoms with Gasteiger partial charge in [-0.15, -0.1) is 0 Å². The van der Waals surface area contributed by atoms with E-state index in [9.17, 15) is 9.59 Å². The number of halogens is 1. The van der Waals surface area contributed by atoms with Crippen molar-refractivity contribution in [2.45, 2.75) is 13.2 Å². The van der Waals surface area contributed by atoms with Crippen molar-refractivity contribution in [3.63, 3.8) is 0 Å². The van der Waals surface area contributed by atoms with Crippen molar-refractivity contribution in [3.8, 4) is 0 Å². The van der Waals surface area contributed by atoms with Crippen molar-refractivity contribution in [2.75, 3.05) is 7.11 Å². The Balaban J connectivity index is 2.14. The molecule has 0 N–H and O–H groups in total. The number of rotatable bonds is 4. The number of methoxy groups -OCH3 is 1. The largest absolute Gasteiger partial charge is 0.380 e. The molecule has 0 spiro atoms. The van der Waals surface area contributed by atoms with Gasteiger partial charge in [0.15, 0.2) is 11.2 Å². The molecular formula is C16H17ClN4O3. The van der Waals surface area contributed by atoms with Gasteiger partial charge in [-0.3, -0.25) is 13.9 Å². The summed E-state index contributed by atoms with van der Waals surface area (Å²) < 4.78 is 9.31. The van der Waals surface area contributed by atoms with E-state index in [1.807, 2.05) is 6.07 Å². The maximum atomic E-state index is 12.7. The molecule has 3 rings (SSSR count). The Morgan fingerprint density at radius 3 is 2.71 bits per heavy atom. The fourth-order valence-corrected chi connectivity index (χ4v) is 2.88. The van der Waals surface area contributed by atoms with Crippen LogP contribution >= 0.6 is 11.6 Å². The van der Waals surface area contributed by atoms with Gasteiger partial charge in [-0.05, 0) is 17.2 Å². The summed E-state index contributed by atoms with van der Waals surface area (Å²) in [6.07, 6.45) is 1.52. The Morgan fingerprint density at radius 2 is 2.00 bits per heavy atom. The molecule has 2 heterocycles. The number of benzene rings is 1. The highest BCUT2D eigenvalue weighted by molar-refractivity contribution is 6.31. The number of hydrogen-bond acceptors (Lipinski definition) is 4. The van der Waals surface area contributed by atoms with E-state index in [1.54, 1.807) is 37.9 Å². The van der Waals surface area contributed by atoms with E-state index >= 15 is 0 Å². The molecule has 0 amide bonds. The van der Waals surface area contributed by atoms with Gasteiger partial charge in [-0.25, -0.2) is 9.78 Å². The van der Waals surface area contributed by atoms with Gasteiger partial charge >= 0.3 is 5.69 Å². The smallest absolute Gasteiger partial charge is 0.332 e. The normalized spacial score (nSPS) is 11.3. The molecule has 0 aliphatic carbocycles. The molecule has 0 atom stereocenters. The number of nitrogens with zero attached hydrogens (tertiary/aromatic N) is 4. The molecule has 0 saturated carbocycles. The second kappa shape index (κ2) is 6.26. The Bertz CT molecular complexity index is 1030. The van der Waals surface area contributed by atoms with Crippen LogP contribution in [0.5, 0.6) is 0 Å². The van der Waals surface area contributed by atoms with E-state index in [2.05, 4.69) is 4.98 Å². The number of fused-ring (bicyclic) bond motifs is 1. The molecule has 0 radical (unpaired) electrons. The Kier molecular flexibility index (Phi) is 4.29. The van der Waals surface area contributed by atoms with Crippen LogP contribution in [0.1, 0.15) is 11.1 Å². The van der Waals surface area contributed by atoms with E-state index in [0.717, 1.165) is 11.1 Å². The third kappa shape index (κ3) is 2.65. The minimum Gasteiger partial charge on any atom is -0.380 e. The summed E-state index contributed by atoms with van der Waals surface area (Å²) in [4.78, 5) is 29.3. The predicted molar refractivity (Wildman–Crippen MR) is 91.5 cm³/mol. The lowest BCUT2D eigenvalue weighted by atomic mass is 10.1. The fraction of sp³-hybridized carbons (Fsp3) is 0.312. The lowest BCUT2D eigenvalue weighted by Crippen LogP contribution is -2.39. The quantitative estimate of drug-likeness (QED) is 0.712. The average molecular weight is 349 g/mol. The summed E-state index contributed by atoms with van der Waals surface area (Å²) in [5, 5.41) is 0.586. The monoisotopic (exact) mass is 348 g/mol. The van der Waals surface area contributed by atoms with Crippen molar-refractivity contribution >= 4 is 22.8 Å². The van der Waals surface area contributed by atoms with Gasteiger partial charge in [-0.2, -0.15) is 0 Å². The fourth-order valence-electron chi connectivity index (χ4n) is 2.71. The topological polar surface area (TPSA) is 71.1 Å². The van der Waals surface area contributed by atoms with Crippen molar-refractivity contribution < 1.29 is 4.74 Å².